The zero-order chi connectivity index (χ0) is 17.0. The standard InChI is InChI=1S/C14H18N4O4S/c1-9-8-13(22-17-9)16-14(19)10(2)15-11-4-6-12(7-5-11)18-23(3,20)21/h4-8,10,15,18H,1-3H3,(H,16,19)/t10-/m0/s1. The summed E-state index contributed by atoms with van der Waals surface area (Å²) in [6.07, 6.45) is 1.08. The van der Waals surface area contributed by atoms with Gasteiger partial charge in [0.15, 0.2) is 0 Å². The fourth-order valence-corrected chi connectivity index (χ4v) is 2.38. The maximum absolute atomic E-state index is 12.0. The van der Waals surface area contributed by atoms with Gasteiger partial charge < -0.3 is 9.84 Å². The number of sulfonamides is 1. The van der Waals surface area contributed by atoms with Gasteiger partial charge in [-0.05, 0) is 38.1 Å². The minimum atomic E-state index is -3.31. The number of hydrogen-bond acceptors (Lipinski definition) is 6. The van der Waals surface area contributed by atoms with E-state index in [1.165, 1.54) is 0 Å². The molecule has 1 atom stereocenters. The minimum Gasteiger partial charge on any atom is -0.374 e. The van der Waals surface area contributed by atoms with Crippen molar-refractivity contribution in [3.8, 4) is 0 Å². The second-order valence-electron chi connectivity index (χ2n) is 5.14. The van der Waals surface area contributed by atoms with E-state index < -0.39 is 16.1 Å². The first-order valence-corrected chi connectivity index (χ1v) is 8.70. The van der Waals surface area contributed by atoms with Crippen LogP contribution in [0.2, 0.25) is 0 Å². The molecule has 0 spiro atoms. The van der Waals surface area contributed by atoms with Crippen LogP contribution in [0.15, 0.2) is 34.9 Å². The Bertz CT molecular complexity index is 783. The number of anilines is 3. The number of rotatable bonds is 6. The summed E-state index contributed by atoms with van der Waals surface area (Å²) in [7, 11) is -3.31. The molecule has 0 aliphatic carbocycles. The Hall–Kier alpha value is -2.55. The number of aryl methyl sites for hydroxylation is 1. The van der Waals surface area contributed by atoms with Gasteiger partial charge >= 0.3 is 0 Å². The summed E-state index contributed by atoms with van der Waals surface area (Å²) >= 11 is 0. The number of nitrogens with zero attached hydrogens (tertiary/aromatic N) is 1. The lowest BCUT2D eigenvalue weighted by atomic mass is 10.2. The summed E-state index contributed by atoms with van der Waals surface area (Å²) in [5, 5.41) is 9.30. The third-order valence-corrected chi connectivity index (χ3v) is 3.45. The number of nitrogens with one attached hydrogen (secondary N) is 3. The minimum absolute atomic E-state index is 0.278. The first kappa shape index (κ1) is 16.8. The third kappa shape index (κ3) is 5.29. The SMILES string of the molecule is Cc1cc(NC(=O)[C@H](C)Nc2ccc(NS(C)(=O)=O)cc2)on1. The van der Waals surface area contributed by atoms with Gasteiger partial charge in [0.2, 0.25) is 21.8 Å². The predicted molar refractivity (Wildman–Crippen MR) is 87.9 cm³/mol. The van der Waals surface area contributed by atoms with Crippen LogP contribution < -0.4 is 15.4 Å². The summed E-state index contributed by atoms with van der Waals surface area (Å²) < 4.78 is 29.6. The molecule has 0 bridgehead atoms. The van der Waals surface area contributed by atoms with Crippen LogP contribution in [0.25, 0.3) is 0 Å². The average molecular weight is 338 g/mol. The van der Waals surface area contributed by atoms with Crippen LogP contribution in [0, 0.1) is 6.92 Å². The summed E-state index contributed by atoms with van der Waals surface area (Å²) in [4.78, 5) is 12.0. The van der Waals surface area contributed by atoms with Crippen molar-refractivity contribution in [1.82, 2.24) is 5.16 Å². The van der Waals surface area contributed by atoms with Crippen LogP contribution in [-0.4, -0.2) is 31.8 Å². The average Bonchev–Trinajstić information content (AvgIpc) is 2.84. The van der Waals surface area contributed by atoms with E-state index in [1.54, 1.807) is 44.2 Å². The van der Waals surface area contributed by atoms with Gasteiger partial charge in [0.05, 0.1) is 11.9 Å². The Balaban J connectivity index is 1.94. The second kappa shape index (κ2) is 6.69. The molecule has 2 rings (SSSR count). The smallest absolute Gasteiger partial charge is 0.248 e. The van der Waals surface area contributed by atoms with E-state index in [0.717, 1.165) is 6.26 Å². The van der Waals surface area contributed by atoms with Crippen LogP contribution in [0.1, 0.15) is 12.6 Å². The number of carbonyl (C=O) groups is 1. The van der Waals surface area contributed by atoms with Crippen molar-refractivity contribution in [1.29, 1.82) is 0 Å². The fourth-order valence-electron chi connectivity index (χ4n) is 1.82. The van der Waals surface area contributed by atoms with Crippen LogP contribution in [-0.2, 0) is 14.8 Å². The molecule has 9 heteroatoms. The molecule has 2 aromatic rings. The summed E-state index contributed by atoms with van der Waals surface area (Å²) in [5.74, 6) is 0.00772. The molecule has 1 heterocycles. The molecule has 0 radical (unpaired) electrons. The molecule has 0 unspecified atom stereocenters. The van der Waals surface area contributed by atoms with E-state index in [0.29, 0.717) is 17.1 Å². The highest BCUT2D eigenvalue weighted by molar-refractivity contribution is 7.92. The Morgan fingerprint density at radius 1 is 1.22 bits per heavy atom. The van der Waals surface area contributed by atoms with E-state index in [9.17, 15) is 13.2 Å². The highest BCUT2D eigenvalue weighted by Gasteiger charge is 2.14. The van der Waals surface area contributed by atoms with Crippen molar-refractivity contribution in [3.05, 3.63) is 36.0 Å². The molecule has 0 saturated heterocycles. The molecule has 1 amide bonds. The number of aromatic nitrogens is 1. The largest absolute Gasteiger partial charge is 0.374 e. The second-order valence-corrected chi connectivity index (χ2v) is 6.89. The van der Waals surface area contributed by atoms with Crippen LogP contribution in [0.5, 0.6) is 0 Å². The summed E-state index contributed by atoms with van der Waals surface area (Å²) in [6.45, 7) is 3.45. The van der Waals surface area contributed by atoms with E-state index in [-0.39, 0.29) is 11.8 Å². The van der Waals surface area contributed by atoms with Crippen LogP contribution in [0.3, 0.4) is 0 Å². The number of carbonyl (C=O) groups excluding carboxylic acids is 1. The van der Waals surface area contributed by atoms with Crippen molar-refractivity contribution < 1.29 is 17.7 Å². The van der Waals surface area contributed by atoms with Crippen LogP contribution >= 0.6 is 0 Å². The number of benzene rings is 1. The lowest BCUT2D eigenvalue weighted by Crippen LogP contribution is -2.31. The van der Waals surface area contributed by atoms with Gasteiger partial charge in [-0.25, -0.2) is 8.42 Å². The Morgan fingerprint density at radius 2 is 1.83 bits per heavy atom. The van der Waals surface area contributed by atoms with Crippen molar-refractivity contribution in [2.24, 2.45) is 0 Å². The maximum Gasteiger partial charge on any atom is 0.248 e. The van der Waals surface area contributed by atoms with Crippen molar-refractivity contribution in [3.63, 3.8) is 0 Å². The van der Waals surface area contributed by atoms with Gasteiger partial charge in [0, 0.05) is 17.4 Å². The predicted octanol–water partition coefficient (Wildman–Crippen LogP) is 1.79. The molecular weight excluding hydrogens is 320 g/mol. The quantitative estimate of drug-likeness (QED) is 0.740. The number of hydrogen-bond donors (Lipinski definition) is 3. The lowest BCUT2D eigenvalue weighted by Gasteiger charge is -2.14. The maximum atomic E-state index is 12.0. The zero-order valence-corrected chi connectivity index (χ0v) is 13.8. The monoisotopic (exact) mass is 338 g/mol. The van der Waals surface area contributed by atoms with E-state index >= 15 is 0 Å². The molecule has 0 aliphatic rings. The Kier molecular flexibility index (Phi) is 4.89. The van der Waals surface area contributed by atoms with Gasteiger partial charge in [0.25, 0.3) is 0 Å². The summed E-state index contributed by atoms with van der Waals surface area (Å²) in [5.41, 5.74) is 1.81. The van der Waals surface area contributed by atoms with Crippen molar-refractivity contribution in [2.45, 2.75) is 19.9 Å². The molecule has 23 heavy (non-hydrogen) atoms. The van der Waals surface area contributed by atoms with Crippen LogP contribution in [0.4, 0.5) is 17.3 Å². The normalized spacial score (nSPS) is 12.5. The van der Waals surface area contributed by atoms with Gasteiger partial charge in [-0.2, -0.15) is 0 Å². The Morgan fingerprint density at radius 3 is 2.35 bits per heavy atom. The molecule has 0 fully saturated rings. The number of amides is 1. The topological polar surface area (TPSA) is 113 Å². The van der Waals surface area contributed by atoms with Gasteiger partial charge in [0.1, 0.15) is 6.04 Å². The van der Waals surface area contributed by atoms with E-state index in [4.69, 9.17) is 4.52 Å². The van der Waals surface area contributed by atoms with Gasteiger partial charge in [-0.1, -0.05) is 5.16 Å². The lowest BCUT2D eigenvalue weighted by molar-refractivity contribution is -0.116. The third-order valence-electron chi connectivity index (χ3n) is 2.84. The first-order valence-electron chi connectivity index (χ1n) is 6.81. The highest BCUT2D eigenvalue weighted by Crippen LogP contribution is 2.16. The molecule has 124 valence electrons. The molecule has 8 nitrogen and oxygen atoms in total. The van der Waals surface area contributed by atoms with E-state index in [2.05, 4.69) is 20.5 Å². The Labute approximate surface area is 134 Å². The molecular formula is C14H18N4O4S. The fraction of sp³-hybridized carbons (Fsp3) is 0.286. The molecule has 3 N–H and O–H groups in total. The molecule has 0 aliphatic heterocycles. The molecule has 0 saturated carbocycles. The van der Waals surface area contributed by atoms with Gasteiger partial charge in [-0.15, -0.1) is 0 Å². The van der Waals surface area contributed by atoms with E-state index in [1.807, 2.05) is 0 Å². The van der Waals surface area contributed by atoms with Gasteiger partial charge in [-0.3, -0.25) is 14.8 Å². The summed E-state index contributed by atoms with van der Waals surface area (Å²) in [6, 6.07) is 7.66. The van der Waals surface area contributed by atoms with Crippen molar-refractivity contribution in [2.75, 3.05) is 21.6 Å². The highest BCUT2D eigenvalue weighted by atomic mass is 32.2. The molecule has 1 aromatic carbocycles. The molecule has 1 aromatic heterocycles. The zero-order valence-electron chi connectivity index (χ0n) is 13.0. The van der Waals surface area contributed by atoms with Crippen molar-refractivity contribution >= 4 is 33.2 Å². The first-order chi connectivity index (χ1) is 10.7.